The number of aldehydes is 1. The number of carbonyl (C=O) groups is 1. The van der Waals surface area contributed by atoms with Gasteiger partial charge in [-0.15, -0.1) is 11.3 Å². The highest BCUT2D eigenvalue weighted by Crippen LogP contribution is 2.31. The van der Waals surface area contributed by atoms with E-state index in [0.29, 0.717) is 11.8 Å². The molecule has 0 unspecified atom stereocenters. The third kappa shape index (κ3) is 0.905. The molecule has 0 bridgehead atoms. The molecular formula is C9H6O2S. The van der Waals surface area contributed by atoms with Crippen molar-refractivity contribution in [2.24, 2.45) is 0 Å². The number of hydrogen-bond donors (Lipinski definition) is 1. The number of benzene rings is 1. The molecule has 0 amide bonds. The van der Waals surface area contributed by atoms with E-state index in [1.165, 1.54) is 11.3 Å². The second kappa shape index (κ2) is 2.60. The number of hydrogen-bond acceptors (Lipinski definition) is 3. The van der Waals surface area contributed by atoms with Crippen LogP contribution in [-0.4, -0.2) is 11.4 Å². The summed E-state index contributed by atoms with van der Waals surface area (Å²) in [5.41, 5.74) is 0.352. The molecule has 0 saturated heterocycles. The van der Waals surface area contributed by atoms with Crippen molar-refractivity contribution in [2.75, 3.05) is 0 Å². The van der Waals surface area contributed by atoms with Gasteiger partial charge in [-0.05, 0) is 22.9 Å². The van der Waals surface area contributed by atoms with Crippen LogP contribution >= 0.6 is 11.3 Å². The van der Waals surface area contributed by atoms with E-state index in [9.17, 15) is 9.90 Å². The summed E-state index contributed by atoms with van der Waals surface area (Å²) in [6.45, 7) is 0. The Bertz CT molecular complexity index is 431. The minimum atomic E-state index is 0.0949. The van der Waals surface area contributed by atoms with Gasteiger partial charge in [0, 0.05) is 0 Å². The summed E-state index contributed by atoms with van der Waals surface area (Å²) >= 11 is 1.43. The fraction of sp³-hybridized carbons (Fsp3) is 0. The maximum atomic E-state index is 10.4. The van der Waals surface area contributed by atoms with Crippen molar-refractivity contribution < 1.29 is 9.90 Å². The molecule has 0 atom stereocenters. The summed E-state index contributed by atoms with van der Waals surface area (Å²) in [5, 5.41) is 12.4. The zero-order valence-electron chi connectivity index (χ0n) is 6.15. The fourth-order valence-corrected chi connectivity index (χ4v) is 1.98. The van der Waals surface area contributed by atoms with Gasteiger partial charge in [0.15, 0.2) is 6.29 Å². The summed E-state index contributed by atoms with van der Waals surface area (Å²) < 4.78 is 0.777. The number of thiophene rings is 1. The van der Waals surface area contributed by atoms with Gasteiger partial charge in [0.2, 0.25) is 0 Å². The molecule has 0 fully saturated rings. The zero-order chi connectivity index (χ0) is 8.55. The Kier molecular flexibility index (Phi) is 1.59. The van der Waals surface area contributed by atoms with Crippen LogP contribution in [0.1, 0.15) is 10.4 Å². The van der Waals surface area contributed by atoms with Gasteiger partial charge in [-0.3, -0.25) is 4.79 Å². The Labute approximate surface area is 73.1 Å². The maximum absolute atomic E-state index is 10.4. The van der Waals surface area contributed by atoms with Crippen molar-refractivity contribution in [3.63, 3.8) is 0 Å². The van der Waals surface area contributed by atoms with E-state index in [-0.39, 0.29) is 5.75 Å². The maximum Gasteiger partial charge on any atom is 0.153 e. The van der Waals surface area contributed by atoms with Crippen LogP contribution in [0.3, 0.4) is 0 Å². The molecule has 12 heavy (non-hydrogen) atoms. The van der Waals surface area contributed by atoms with Crippen molar-refractivity contribution in [2.45, 2.75) is 0 Å². The second-order valence-electron chi connectivity index (χ2n) is 2.46. The molecule has 3 heteroatoms. The Morgan fingerprint density at radius 1 is 1.33 bits per heavy atom. The van der Waals surface area contributed by atoms with Crippen molar-refractivity contribution in [1.82, 2.24) is 0 Å². The highest BCUT2D eigenvalue weighted by atomic mass is 32.1. The minimum absolute atomic E-state index is 0.0949. The molecule has 0 aliphatic carbocycles. The zero-order valence-corrected chi connectivity index (χ0v) is 6.97. The van der Waals surface area contributed by atoms with Crippen molar-refractivity contribution in [1.29, 1.82) is 0 Å². The quantitative estimate of drug-likeness (QED) is 0.681. The number of rotatable bonds is 1. The van der Waals surface area contributed by atoms with E-state index in [0.717, 1.165) is 10.1 Å². The first kappa shape index (κ1) is 7.31. The molecule has 0 spiro atoms. The Morgan fingerprint density at radius 3 is 2.92 bits per heavy atom. The van der Waals surface area contributed by atoms with Crippen LogP contribution in [0.25, 0.3) is 10.1 Å². The summed E-state index contributed by atoms with van der Waals surface area (Å²) in [6, 6.07) is 5.36. The molecular weight excluding hydrogens is 172 g/mol. The standard InChI is InChI=1S/C9H6O2S/c10-5-7-2-1-6-3-4-12-9(6)8(7)11/h1-5,11H. The number of carbonyl (C=O) groups excluding carboxylic acids is 1. The predicted octanol–water partition coefficient (Wildman–Crippen LogP) is 2.42. The average Bonchev–Trinajstić information content (AvgIpc) is 2.53. The van der Waals surface area contributed by atoms with Gasteiger partial charge in [-0.1, -0.05) is 6.07 Å². The number of aromatic hydroxyl groups is 1. The Balaban J connectivity index is 2.86. The van der Waals surface area contributed by atoms with Gasteiger partial charge < -0.3 is 5.11 Å². The van der Waals surface area contributed by atoms with Crippen LogP contribution in [0.5, 0.6) is 5.75 Å². The average molecular weight is 178 g/mol. The van der Waals surface area contributed by atoms with Gasteiger partial charge in [0.05, 0.1) is 10.3 Å². The van der Waals surface area contributed by atoms with Crippen LogP contribution in [0.15, 0.2) is 23.6 Å². The van der Waals surface area contributed by atoms with E-state index in [4.69, 9.17) is 0 Å². The third-order valence-electron chi connectivity index (χ3n) is 1.75. The van der Waals surface area contributed by atoms with Gasteiger partial charge in [0.25, 0.3) is 0 Å². The molecule has 0 radical (unpaired) electrons. The van der Waals surface area contributed by atoms with Gasteiger partial charge in [-0.25, -0.2) is 0 Å². The molecule has 1 aromatic heterocycles. The predicted molar refractivity (Wildman–Crippen MR) is 48.9 cm³/mol. The molecule has 1 heterocycles. The van der Waals surface area contributed by atoms with E-state index in [1.807, 2.05) is 17.5 Å². The van der Waals surface area contributed by atoms with Crippen molar-refractivity contribution in [3.05, 3.63) is 29.1 Å². The molecule has 0 aliphatic rings. The Morgan fingerprint density at radius 2 is 2.17 bits per heavy atom. The molecule has 0 saturated carbocycles. The number of phenolic OH excluding ortho intramolecular Hbond substituents is 1. The smallest absolute Gasteiger partial charge is 0.153 e. The van der Waals surface area contributed by atoms with Crippen molar-refractivity contribution >= 4 is 27.7 Å². The molecule has 1 aromatic carbocycles. The van der Waals surface area contributed by atoms with Crippen LogP contribution in [0.4, 0.5) is 0 Å². The lowest BCUT2D eigenvalue weighted by molar-refractivity contribution is 0.112. The van der Waals surface area contributed by atoms with E-state index >= 15 is 0 Å². The number of phenols is 1. The SMILES string of the molecule is O=Cc1ccc2ccsc2c1O. The second-order valence-corrected chi connectivity index (χ2v) is 3.38. The third-order valence-corrected chi connectivity index (χ3v) is 2.69. The lowest BCUT2D eigenvalue weighted by Crippen LogP contribution is -1.79. The first-order chi connectivity index (χ1) is 5.83. The van der Waals surface area contributed by atoms with E-state index in [1.54, 1.807) is 6.07 Å². The largest absolute Gasteiger partial charge is 0.506 e. The van der Waals surface area contributed by atoms with Crippen LogP contribution in [-0.2, 0) is 0 Å². The highest BCUT2D eigenvalue weighted by Gasteiger charge is 2.05. The fourth-order valence-electron chi connectivity index (χ4n) is 1.13. The topological polar surface area (TPSA) is 37.3 Å². The lowest BCUT2D eigenvalue weighted by atomic mass is 10.2. The lowest BCUT2D eigenvalue weighted by Gasteiger charge is -1.96. The molecule has 2 nitrogen and oxygen atoms in total. The molecule has 2 rings (SSSR count). The van der Waals surface area contributed by atoms with E-state index in [2.05, 4.69) is 0 Å². The van der Waals surface area contributed by atoms with Gasteiger partial charge in [-0.2, -0.15) is 0 Å². The first-order valence-corrected chi connectivity index (χ1v) is 4.35. The molecule has 60 valence electrons. The van der Waals surface area contributed by atoms with Crippen LogP contribution in [0.2, 0.25) is 0 Å². The Hall–Kier alpha value is -1.35. The van der Waals surface area contributed by atoms with Crippen LogP contribution < -0.4 is 0 Å². The van der Waals surface area contributed by atoms with Gasteiger partial charge in [0.1, 0.15) is 5.75 Å². The number of fused-ring (bicyclic) bond motifs is 1. The highest BCUT2D eigenvalue weighted by molar-refractivity contribution is 7.17. The van der Waals surface area contributed by atoms with E-state index < -0.39 is 0 Å². The van der Waals surface area contributed by atoms with Crippen LogP contribution in [0, 0.1) is 0 Å². The summed E-state index contributed by atoms with van der Waals surface area (Å²) in [5.74, 6) is 0.0949. The first-order valence-electron chi connectivity index (χ1n) is 3.47. The van der Waals surface area contributed by atoms with Gasteiger partial charge >= 0.3 is 0 Å². The monoisotopic (exact) mass is 178 g/mol. The molecule has 1 N–H and O–H groups in total. The molecule has 0 aliphatic heterocycles. The normalized spacial score (nSPS) is 10.3. The van der Waals surface area contributed by atoms with Crippen molar-refractivity contribution in [3.8, 4) is 5.75 Å². The summed E-state index contributed by atoms with van der Waals surface area (Å²) in [6.07, 6.45) is 0.661. The molecule has 2 aromatic rings. The summed E-state index contributed by atoms with van der Waals surface area (Å²) in [4.78, 5) is 10.4. The minimum Gasteiger partial charge on any atom is -0.506 e. The summed E-state index contributed by atoms with van der Waals surface area (Å²) in [7, 11) is 0.